The van der Waals surface area contributed by atoms with E-state index in [-0.39, 0.29) is 19.2 Å². The van der Waals surface area contributed by atoms with Gasteiger partial charge in [0.25, 0.3) is 0 Å². The number of hydrogen-bond donors (Lipinski definition) is 2. The molecule has 0 aliphatic carbocycles. The number of thioether (sulfide) groups is 1. The van der Waals surface area contributed by atoms with Gasteiger partial charge in [-0.3, -0.25) is 14.5 Å². The quantitative estimate of drug-likeness (QED) is 0.180. The van der Waals surface area contributed by atoms with Crippen molar-refractivity contribution in [1.82, 2.24) is 14.3 Å². The molecule has 0 saturated heterocycles. The number of rotatable bonds is 12. The maximum atomic E-state index is 12.9. The number of aliphatic imine (C=N–C) groups is 1. The van der Waals surface area contributed by atoms with Crippen LogP contribution >= 0.6 is 23.4 Å². The van der Waals surface area contributed by atoms with Crippen molar-refractivity contribution in [3.63, 3.8) is 0 Å². The Labute approximate surface area is 247 Å². The smallest absolute Gasteiger partial charge is 0.354 e. The number of nitriles is 1. The van der Waals surface area contributed by atoms with Crippen molar-refractivity contribution in [2.75, 3.05) is 33.1 Å². The lowest BCUT2D eigenvalue weighted by Crippen LogP contribution is -2.11. The number of ether oxygens (including phenoxy) is 2. The number of nitrogens with zero attached hydrogens (tertiary/aromatic N) is 5. The van der Waals surface area contributed by atoms with Crippen LogP contribution in [0.3, 0.4) is 0 Å². The van der Waals surface area contributed by atoms with Gasteiger partial charge in [0.05, 0.1) is 42.3 Å². The minimum absolute atomic E-state index is 0.205. The van der Waals surface area contributed by atoms with E-state index < -0.39 is 5.97 Å². The summed E-state index contributed by atoms with van der Waals surface area (Å²) in [5.41, 5.74) is 10.9. The van der Waals surface area contributed by atoms with E-state index in [9.17, 15) is 20.0 Å². The number of methoxy groups -OCH3 is 1. The van der Waals surface area contributed by atoms with Crippen LogP contribution in [0, 0.1) is 11.3 Å². The normalized spacial score (nSPS) is 12.0. The van der Waals surface area contributed by atoms with Crippen molar-refractivity contribution >= 4 is 51.9 Å². The predicted octanol–water partition coefficient (Wildman–Crippen LogP) is 3.53. The standard InChI is InChI=1S/C28H33ClN6O5S/c1-16(37)40-10-6-7-19-20-8-9-21(29)24(26(20)34(3)27(19)28(38)39-5)25-22(33-35(4)23(25)12-30)15-41-14-17(31)11-18(13-36)32-2/h8-9,11,36H,6-7,10,13-15,31H2,1-5H3. The Morgan fingerprint density at radius 3 is 2.66 bits per heavy atom. The lowest BCUT2D eigenvalue weighted by atomic mass is 9.98. The van der Waals surface area contributed by atoms with Crippen LogP contribution in [-0.2, 0) is 40.5 Å². The number of aromatic nitrogens is 3. The maximum Gasteiger partial charge on any atom is 0.354 e. The average Bonchev–Trinajstić information content (AvgIpc) is 3.41. The molecular weight excluding hydrogens is 568 g/mol. The van der Waals surface area contributed by atoms with Crippen LogP contribution < -0.4 is 5.73 Å². The highest BCUT2D eigenvalue weighted by Crippen LogP contribution is 2.42. The van der Waals surface area contributed by atoms with E-state index in [0.717, 1.165) is 10.9 Å². The second-order valence-corrected chi connectivity index (χ2v) is 10.5. The molecule has 0 fully saturated rings. The molecule has 1 aromatic carbocycles. The summed E-state index contributed by atoms with van der Waals surface area (Å²) < 4.78 is 13.4. The summed E-state index contributed by atoms with van der Waals surface area (Å²) in [7, 11) is 6.34. The minimum atomic E-state index is -0.518. The molecular formula is C28H33ClN6O5S. The summed E-state index contributed by atoms with van der Waals surface area (Å²) in [6, 6.07) is 5.82. The first-order valence-corrected chi connectivity index (χ1v) is 14.2. The van der Waals surface area contributed by atoms with Crippen molar-refractivity contribution in [3.05, 3.63) is 51.6 Å². The fraction of sp³-hybridized carbons (Fsp3) is 0.393. The average molecular weight is 601 g/mol. The second kappa shape index (κ2) is 14.2. The van der Waals surface area contributed by atoms with Crippen LogP contribution in [0.2, 0.25) is 5.02 Å². The van der Waals surface area contributed by atoms with Crippen molar-refractivity contribution in [2.45, 2.75) is 25.5 Å². The molecule has 218 valence electrons. The number of carbonyl (C=O) groups excluding carboxylic acids is 2. The Kier molecular flexibility index (Phi) is 11.0. The number of hydrogen-bond acceptors (Lipinski definition) is 10. The number of esters is 2. The number of fused-ring (bicyclic) bond motifs is 1. The Morgan fingerprint density at radius 2 is 2.05 bits per heavy atom. The van der Waals surface area contributed by atoms with Crippen LogP contribution in [0.1, 0.15) is 40.8 Å². The van der Waals surface area contributed by atoms with E-state index in [1.54, 1.807) is 37.9 Å². The minimum Gasteiger partial charge on any atom is -0.466 e. The molecule has 41 heavy (non-hydrogen) atoms. The van der Waals surface area contributed by atoms with E-state index >= 15 is 0 Å². The van der Waals surface area contributed by atoms with Gasteiger partial charge < -0.3 is 24.9 Å². The molecule has 0 spiro atoms. The molecule has 11 nitrogen and oxygen atoms in total. The van der Waals surface area contributed by atoms with Gasteiger partial charge in [-0.15, -0.1) is 11.8 Å². The molecule has 2 aromatic heterocycles. The molecule has 2 heterocycles. The van der Waals surface area contributed by atoms with Gasteiger partial charge in [0.2, 0.25) is 0 Å². The number of nitrogens with two attached hydrogens (primary N) is 1. The van der Waals surface area contributed by atoms with Crippen molar-refractivity contribution < 1.29 is 24.2 Å². The highest BCUT2D eigenvalue weighted by Gasteiger charge is 2.28. The van der Waals surface area contributed by atoms with Gasteiger partial charge in [0, 0.05) is 61.8 Å². The highest BCUT2D eigenvalue weighted by molar-refractivity contribution is 7.98. The van der Waals surface area contributed by atoms with Crippen molar-refractivity contribution in [2.24, 2.45) is 24.8 Å². The highest BCUT2D eigenvalue weighted by atomic mass is 35.5. The summed E-state index contributed by atoms with van der Waals surface area (Å²) in [4.78, 5) is 28.2. The van der Waals surface area contributed by atoms with Gasteiger partial charge in [-0.05, 0) is 30.5 Å². The third kappa shape index (κ3) is 6.93. The molecule has 3 N–H and O–H groups in total. The van der Waals surface area contributed by atoms with Gasteiger partial charge in [-0.25, -0.2) is 4.79 Å². The van der Waals surface area contributed by atoms with E-state index in [2.05, 4.69) is 16.2 Å². The largest absolute Gasteiger partial charge is 0.466 e. The van der Waals surface area contributed by atoms with Crippen LogP contribution in [0.5, 0.6) is 0 Å². The SMILES string of the molecule is CN=C(C=C(N)CSCc1nn(C)c(C#N)c1-c1c(Cl)ccc2c(CCCOC(C)=O)c(C(=O)OC)n(C)c12)CO. The first-order chi connectivity index (χ1) is 19.6. The zero-order valence-corrected chi connectivity index (χ0v) is 25.2. The topological polar surface area (TPSA) is 158 Å². The molecule has 0 unspecified atom stereocenters. The molecule has 0 saturated carbocycles. The van der Waals surface area contributed by atoms with Gasteiger partial charge in [-0.1, -0.05) is 17.7 Å². The predicted molar refractivity (Wildman–Crippen MR) is 160 cm³/mol. The van der Waals surface area contributed by atoms with Gasteiger partial charge in [0.15, 0.2) is 0 Å². The van der Waals surface area contributed by atoms with E-state index in [1.165, 1.54) is 30.5 Å². The monoisotopic (exact) mass is 600 g/mol. The summed E-state index contributed by atoms with van der Waals surface area (Å²) >= 11 is 8.31. The number of aliphatic hydroxyl groups excluding tert-OH is 1. The fourth-order valence-electron chi connectivity index (χ4n) is 4.69. The van der Waals surface area contributed by atoms with E-state index in [4.69, 9.17) is 26.8 Å². The summed E-state index contributed by atoms with van der Waals surface area (Å²) in [5, 5.41) is 25.2. The number of halogens is 1. The van der Waals surface area contributed by atoms with Crippen LogP contribution in [-0.4, -0.2) is 70.2 Å². The van der Waals surface area contributed by atoms with Gasteiger partial charge in [0.1, 0.15) is 17.5 Å². The van der Waals surface area contributed by atoms with Crippen molar-refractivity contribution in [3.8, 4) is 17.2 Å². The molecule has 13 heteroatoms. The molecule has 0 atom stereocenters. The Morgan fingerprint density at radius 1 is 1.32 bits per heavy atom. The Hall–Kier alpha value is -3.79. The molecule has 3 aromatic rings. The molecule has 0 aliphatic heterocycles. The van der Waals surface area contributed by atoms with Crippen LogP contribution in [0.15, 0.2) is 28.9 Å². The zero-order valence-electron chi connectivity index (χ0n) is 23.7. The maximum absolute atomic E-state index is 12.9. The van der Waals surface area contributed by atoms with E-state index in [1.807, 2.05) is 6.07 Å². The molecule has 0 radical (unpaired) electrons. The molecule has 0 aliphatic rings. The molecule has 3 rings (SSSR count). The number of aryl methyl sites for hydroxylation is 3. The number of benzene rings is 1. The first-order valence-electron chi connectivity index (χ1n) is 12.7. The lowest BCUT2D eigenvalue weighted by molar-refractivity contribution is -0.141. The molecule has 0 amide bonds. The fourth-order valence-corrected chi connectivity index (χ4v) is 5.75. The first kappa shape index (κ1) is 31.7. The van der Waals surface area contributed by atoms with Crippen LogP contribution in [0.4, 0.5) is 0 Å². The van der Waals surface area contributed by atoms with Gasteiger partial charge >= 0.3 is 11.9 Å². The number of aliphatic hydroxyl groups is 1. The zero-order chi connectivity index (χ0) is 30.3. The third-order valence-corrected chi connectivity index (χ3v) is 7.78. The molecule has 0 bridgehead atoms. The van der Waals surface area contributed by atoms with E-state index in [0.29, 0.717) is 74.5 Å². The second-order valence-electron chi connectivity index (χ2n) is 9.13. The third-order valence-electron chi connectivity index (χ3n) is 6.45. The Balaban J connectivity index is 2.15. The van der Waals surface area contributed by atoms with Gasteiger partial charge in [-0.2, -0.15) is 10.4 Å². The van der Waals surface area contributed by atoms with Crippen molar-refractivity contribution in [1.29, 1.82) is 5.26 Å². The number of carbonyl (C=O) groups is 2. The Bertz CT molecular complexity index is 1570. The summed E-state index contributed by atoms with van der Waals surface area (Å²) in [5.74, 6) is -0.0395. The van der Waals surface area contributed by atoms with Crippen LogP contribution in [0.25, 0.3) is 22.0 Å². The lowest BCUT2D eigenvalue weighted by Gasteiger charge is -2.11. The summed E-state index contributed by atoms with van der Waals surface area (Å²) in [6.07, 6.45) is 2.57. The summed E-state index contributed by atoms with van der Waals surface area (Å²) in [6.45, 7) is 1.34.